The average molecular weight is 485 g/mol. The normalized spacial score (nSPS) is 14.4. The third-order valence-corrected chi connectivity index (χ3v) is 7.88. The number of hydrogen-bond acceptors (Lipinski definition) is 6. The van der Waals surface area contributed by atoms with Gasteiger partial charge in [0.2, 0.25) is 5.91 Å². The molecular weight excluding hydrogens is 452 g/mol. The first-order chi connectivity index (χ1) is 15.9. The van der Waals surface area contributed by atoms with Gasteiger partial charge in [0.15, 0.2) is 11.0 Å². The average Bonchev–Trinajstić information content (AvgIpc) is 3.43. The van der Waals surface area contributed by atoms with Crippen LogP contribution in [-0.4, -0.2) is 37.4 Å². The molecule has 0 fully saturated rings. The number of amides is 1. The third kappa shape index (κ3) is 5.79. The summed E-state index contributed by atoms with van der Waals surface area (Å²) in [4.78, 5) is 16.5. The van der Waals surface area contributed by atoms with Gasteiger partial charge in [0, 0.05) is 24.5 Å². The van der Waals surface area contributed by atoms with Gasteiger partial charge in [-0.25, -0.2) is 0 Å². The Morgan fingerprint density at radius 1 is 1.18 bits per heavy atom. The number of fused-ring (bicyclic) bond motifs is 1. The summed E-state index contributed by atoms with van der Waals surface area (Å²) in [6.45, 7) is 11.1. The fourth-order valence-electron chi connectivity index (χ4n) is 3.93. The van der Waals surface area contributed by atoms with E-state index >= 15 is 0 Å². The van der Waals surface area contributed by atoms with Crippen molar-refractivity contribution in [3.63, 3.8) is 0 Å². The minimum absolute atomic E-state index is 0.157. The zero-order chi connectivity index (χ0) is 23.4. The number of rotatable bonds is 9. The molecule has 1 unspecified atom stereocenters. The van der Waals surface area contributed by atoms with Crippen LogP contribution in [0, 0.1) is 5.92 Å². The minimum Gasteiger partial charge on any atom is -0.486 e. The van der Waals surface area contributed by atoms with E-state index in [2.05, 4.69) is 59.1 Å². The minimum atomic E-state index is -0.226. The van der Waals surface area contributed by atoms with Gasteiger partial charge in [-0.15, -0.1) is 21.5 Å². The highest BCUT2D eigenvalue weighted by Crippen LogP contribution is 2.29. The summed E-state index contributed by atoms with van der Waals surface area (Å²) < 4.78 is 8.10. The molecule has 0 saturated heterocycles. The van der Waals surface area contributed by atoms with E-state index in [4.69, 9.17) is 4.74 Å². The van der Waals surface area contributed by atoms with E-state index in [-0.39, 0.29) is 11.2 Å². The van der Waals surface area contributed by atoms with Gasteiger partial charge in [-0.1, -0.05) is 44.7 Å². The second-order valence-electron chi connectivity index (χ2n) is 8.83. The highest BCUT2D eigenvalue weighted by atomic mass is 32.2. The Hall–Kier alpha value is -2.32. The van der Waals surface area contributed by atoms with E-state index in [0.717, 1.165) is 42.7 Å². The number of ether oxygens (including phenoxy) is 1. The Morgan fingerprint density at radius 2 is 1.97 bits per heavy atom. The Morgan fingerprint density at radius 3 is 2.70 bits per heavy atom. The van der Waals surface area contributed by atoms with Crippen LogP contribution in [0.2, 0.25) is 0 Å². The molecule has 3 aromatic rings. The van der Waals surface area contributed by atoms with E-state index < -0.39 is 0 Å². The van der Waals surface area contributed by atoms with E-state index in [1.54, 1.807) is 11.3 Å². The molecule has 1 aromatic carbocycles. The highest BCUT2D eigenvalue weighted by Gasteiger charge is 2.27. The predicted molar refractivity (Wildman–Crippen MR) is 134 cm³/mol. The van der Waals surface area contributed by atoms with Crippen LogP contribution in [0.5, 0.6) is 5.75 Å². The Labute approximate surface area is 204 Å². The van der Waals surface area contributed by atoms with Crippen LogP contribution in [0.25, 0.3) is 0 Å². The fourth-order valence-corrected chi connectivity index (χ4v) is 5.78. The van der Waals surface area contributed by atoms with Crippen molar-refractivity contribution in [1.29, 1.82) is 0 Å². The molecule has 0 spiro atoms. The summed E-state index contributed by atoms with van der Waals surface area (Å²) in [6.07, 6.45) is 1.95. The first-order valence-corrected chi connectivity index (χ1v) is 13.3. The zero-order valence-electron chi connectivity index (χ0n) is 19.8. The van der Waals surface area contributed by atoms with Crippen LogP contribution in [0.15, 0.2) is 40.9 Å². The van der Waals surface area contributed by atoms with Crippen LogP contribution >= 0.6 is 23.1 Å². The van der Waals surface area contributed by atoms with E-state index in [9.17, 15) is 4.79 Å². The number of aromatic nitrogens is 3. The fraction of sp³-hybridized carbons (Fsp3) is 0.480. The first kappa shape index (κ1) is 23.8. The molecule has 1 aliphatic rings. The van der Waals surface area contributed by atoms with Gasteiger partial charge in [-0.05, 0) is 60.4 Å². The summed E-state index contributed by atoms with van der Waals surface area (Å²) in [5.74, 6) is 2.19. The van der Waals surface area contributed by atoms with Crippen molar-refractivity contribution in [1.82, 2.24) is 19.7 Å². The second kappa shape index (κ2) is 10.7. The van der Waals surface area contributed by atoms with Crippen LogP contribution < -0.4 is 4.74 Å². The van der Waals surface area contributed by atoms with Gasteiger partial charge in [-0.2, -0.15) is 0 Å². The second-order valence-corrected chi connectivity index (χ2v) is 11.1. The molecule has 2 aromatic heterocycles. The molecule has 3 heterocycles. The third-order valence-electron chi connectivity index (χ3n) is 5.79. The van der Waals surface area contributed by atoms with Crippen LogP contribution in [0.4, 0.5) is 0 Å². The molecule has 0 N–H and O–H groups in total. The highest BCUT2D eigenvalue weighted by molar-refractivity contribution is 8.00. The summed E-state index contributed by atoms with van der Waals surface area (Å²) in [6, 6.07) is 10.3. The van der Waals surface area contributed by atoms with Crippen LogP contribution in [-0.2, 0) is 37.3 Å². The maximum atomic E-state index is 13.2. The van der Waals surface area contributed by atoms with Gasteiger partial charge < -0.3 is 14.2 Å². The zero-order valence-corrected chi connectivity index (χ0v) is 21.4. The number of carbonyl (C=O) groups is 1. The van der Waals surface area contributed by atoms with Crippen molar-refractivity contribution in [2.45, 2.75) is 70.6 Å². The van der Waals surface area contributed by atoms with E-state index in [1.807, 2.05) is 24.0 Å². The van der Waals surface area contributed by atoms with Gasteiger partial charge in [-0.3, -0.25) is 4.79 Å². The van der Waals surface area contributed by atoms with Gasteiger partial charge >= 0.3 is 0 Å². The molecule has 0 aliphatic carbocycles. The molecule has 6 nitrogen and oxygen atoms in total. The number of thiophene rings is 1. The molecule has 0 saturated carbocycles. The molecule has 1 aliphatic heterocycles. The lowest BCUT2D eigenvalue weighted by Crippen LogP contribution is -2.39. The number of carbonyl (C=O) groups excluding carboxylic acids is 1. The monoisotopic (exact) mass is 484 g/mol. The van der Waals surface area contributed by atoms with E-state index in [0.29, 0.717) is 19.1 Å². The van der Waals surface area contributed by atoms with Crippen molar-refractivity contribution in [2.24, 2.45) is 5.92 Å². The summed E-state index contributed by atoms with van der Waals surface area (Å²) in [5.41, 5.74) is 2.57. The molecule has 1 amide bonds. The van der Waals surface area contributed by atoms with Gasteiger partial charge in [0.1, 0.15) is 12.4 Å². The summed E-state index contributed by atoms with van der Waals surface area (Å²) in [7, 11) is 0. The number of aryl methyl sites for hydroxylation is 1. The Bertz CT molecular complexity index is 1070. The number of hydrogen-bond donors (Lipinski definition) is 0. The van der Waals surface area contributed by atoms with Gasteiger partial charge in [0.05, 0.1) is 5.25 Å². The molecule has 8 heteroatoms. The topological polar surface area (TPSA) is 60.3 Å². The molecule has 176 valence electrons. The van der Waals surface area contributed by atoms with Crippen molar-refractivity contribution in [2.75, 3.05) is 6.54 Å². The number of nitrogens with zero attached hydrogens (tertiary/aromatic N) is 4. The largest absolute Gasteiger partial charge is 0.486 e. The van der Waals surface area contributed by atoms with Crippen LogP contribution in [0.3, 0.4) is 0 Å². The molecular formula is C25H32N4O2S2. The first-order valence-electron chi connectivity index (χ1n) is 11.6. The Balaban J connectivity index is 1.43. The SMILES string of the molecule is CCc1ccc(OCc2nnc(SC(C)C(=O)N3CCc4sccc4C3)n2CC(C)C)cc1. The quantitative estimate of drug-likeness (QED) is 0.391. The maximum absolute atomic E-state index is 13.2. The lowest BCUT2D eigenvalue weighted by atomic mass is 10.1. The summed E-state index contributed by atoms with van der Waals surface area (Å²) in [5, 5.41) is 11.5. The lowest BCUT2D eigenvalue weighted by Gasteiger charge is -2.29. The lowest BCUT2D eigenvalue weighted by molar-refractivity contribution is -0.131. The summed E-state index contributed by atoms with van der Waals surface area (Å²) >= 11 is 3.28. The van der Waals surface area contributed by atoms with Crippen molar-refractivity contribution < 1.29 is 9.53 Å². The molecule has 1 atom stereocenters. The van der Waals surface area contributed by atoms with Gasteiger partial charge in [0.25, 0.3) is 0 Å². The van der Waals surface area contributed by atoms with Crippen LogP contribution in [0.1, 0.15) is 49.5 Å². The predicted octanol–water partition coefficient (Wildman–Crippen LogP) is 5.20. The van der Waals surface area contributed by atoms with Crippen molar-refractivity contribution >= 4 is 29.0 Å². The van der Waals surface area contributed by atoms with E-state index in [1.165, 1.54) is 27.8 Å². The molecule has 4 rings (SSSR count). The molecule has 0 radical (unpaired) electrons. The smallest absolute Gasteiger partial charge is 0.236 e. The molecule has 0 bridgehead atoms. The van der Waals surface area contributed by atoms with Crippen molar-refractivity contribution in [3.8, 4) is 5.75 Å². The number of thioether (sulfide) groups is 1. The Kier molecular flexibility index (Phi) is 7.75. The van der Waals surface area contributed by atoms with Crippen molar-refractivity contribution in [3.05, 3.63) is 57.5 Å². The molecule has 33 heavy (non-hydrogen) atoms. The maximum Gasteiger partial charge on any atom is 0.236 e. The number of benzene rings is 1. The standard InChI is InChI=1S/C25H32N4O2S2/c1-5-19-6-8-21(9-7-19)31-16-23-26-27-25(29(23)14-17(2)3)33-18(4)24(30)28-12-10-22-20(15-28)11-13-32-22/h6-9,11,13,17-18H,5,10,12,14-16H2,1-4H3.